The third-order valence-corrected chi connectivity index (χ3v) is 4.61. The van der Waals surface area contributed by atoms with E-state index >= 15 is 0 Å². The Labute approximate surface area is 134 Å². The van der Waals surface area contributed by atoms with E-state index in [9.17, 15) is 4.39 Å². The van der Waals surface area contributed by atoms with Crippen molar-refractivity contribution < 1.29 is 9.13 Å². The average molecular weight is 307 g/mol. The van der Waals surface area contributed by atoms with Crippen LogP contribution in [0.2, 0.25) is 0 Å². The smallest absolute Gasteiger partial charge is 0.123 e. The minimum atomic E-state index is -0.162. The molecular weight excluding hydrogens is 277 g/mol. The Morgan fingerprint density at radius 3 is 2.27 bits per heavy atom. The van der Waals surface area contributed by atoms with Crippen molar-refractivity contribution in [2.75, 3.05) is 27.2 Å². The van der Waals surface area contributed by atoms with Gasteiger partial charge < -0.3 is 9.64 Å². The van der Waals surface area contributed by atoms with Gasteiger partial charge in [0.25, 0.3) is 0 Å². The number of rotatable bonds is 7. The summed E-state index contributed by atoms with van der Waals surface area (Å²) < 4.78 is 19.5. The van der Waals surface area contributed by atoms with E-state index in [-0.39, 0.29) is 11.4 Å². The molecule has 0 radical (unpaired) electrons. The van der Waals surface area contributed by atoms with Crippen LogP contribution in [0.5, 0.6) is 0 Å². The Hall–Kier alpha value is -0.930. The summed E-state index contributed by atoms with van der Waals surface area (Å²) in [7, 11) is 4.19. The molecule has 0 spiro atoms. The van der Waals surface area contributed by atoms with E-state index < -0.39 is 0 Å². The zero-order chi connectivity index (χ0) is 15.8. The molecule has 0 atom stereocenters. The van der Waals surface area contributed by atoms with Crippen molar-refractivity contribution in [2.45, 2.75) is 57.0 Å². The highest BCUT2D eigenvalue weighted by atomic mass is 19.1. The maximum atomic E-state index is 13.1. The monoisotopic (exact) mass is 307 g/mol. The van der Waals surface area contributed by atoms with Crippen molar-refractivity contribution in [2.24, 2.45) is 0 Å². The number of hydrogen-bond donors (Lipinski definition) is 0. The minimum Gasteiger partial charge on any atom is -0.375 e. The third-order valence-electron chi connectivity index (χ3n) is 4.61. The first-order valence-electron chi connectivity index (χ1n) is 8.63. The Balaban J connectivity index is 1.98. The van der Waals surface area contributed by atoms with Gasteiger partial charge in [-0.25, -0.2) is 4.39 Å². The Morgan fingerprint density at radius 1 is 1.05 bits per heavy atom. The molecule has 1 aromatic rings. The fourth-order valence-electron chi connectivity index (χ4n) is 3.39. The first-order chi connectivity index (χ1) is 10.6. The Bertz CT molecular complexity index is 422. The van der Waals surface area contributed by atoms with Crippen LogP contribution in [0.1, 0.15) is 50.5 Å². The van der Waals surface area contributed by atoms with Crippen LogP contribution < -0.4 is 0 Å². The molecule has 0 unspecified atom stereocenters. The SMILES string of the molecule is CN(C)CCCOC1(Cc2ccc(F)cc2)CCCCCC1. The fraction of sp³-hybridized carbons (Fsp3) is 0.684. The summed E-state index contributed by atoms with van der Waals surface area (Å²) in [5.74, 6) is -0.162. The summed E-state index contributed by atoms with van der Waals surface area (Å²) in [6.07, 6.45) is 9.36. The third kappa shape index (κ3) is 5.69. The molecule has 0 aromatic heterocycles. The van der Waals surface area contributed by atoms with Crippen molar-refractivity contribution >= 4 is 0 Å². The van der Waals surface area contributed by atoms with Gasteiger partial charge in [-0.05, 0) is 57.6 Å². The first kappa shape index (κ1) is 17.4. The second-order valence-corrected chi connectivity index (χ2v) is 6.91. The van der Waals surface area contributed by atoms with E-state index in [4.69, 9.17) is 4.74 Å². The molecule has 2 rings (SSSR count). The van der Waals surface area contributed by atoms with Crippen molar-refractivity contribution in [1.29, 1.82) is 0 Å². The molecule has 3 heteroatoms. The highest BCUT2D eigenvalue weighted by Crippen LogP contribution is 2.34. The van der Waals surface area contributed by atoms with Gasteiger partial charge >= 0.3 is 0 Å². The van der Waals surface area contributed by atoms with Gasteiger partial charge in [0, 0.05) is 13.0 Å². The van der Waals surface area contributed by atoms with Crippen LogP contribution in [0.25, 0.3) is 0 Å². The largest absolute Gasteiger partial charge is 0.375 e. The quantitative estimate of drug-likeness (QED) is 0.546. The van der Waals surface area contributed by atoms with Crippen molar-refractivity contribution in [3.8, 4) is 0 Å². The van der Waals surface area contributed by atoms with E-state index in [2.05, 4.69) is 19.0 Å². The van der Waals surface area contributed by atoms with E-state index in [1.54, 1.807) is 12.1 Å². The van der Waals surface area contributed by atoms with Gasteiger partial charge in [-0.15, -0.1) is 0 Å². The van der Waals surface area contributed by atoms with Gasteiger partial charge in [0.2, 0.25) is 0 Å². The average Bonchev–Trinajstić information content (AvgIpc) is 2.72. The van der Waals surface area contributed by atoms with E-state index in [1.165, 1.54) is 31.2 Å². The molecule has 1 saturated carbocycles. The number of nitrogens with zero attached hydrogens (tertiary/aromatic N) is 1. The molecule has 22 heavy (non-hydrogen) atoms. The van der Waals surface area contributed by atoms with Crippen LogP contribution in [-0.4, -0.2) is 37.7 Å². The molecule has 0 heterocycles. The van der Waals surface area contributed by atoms with E-state index in [0.717, 1.165) is 38.8 Å². The van der Waals surface area contributed by atoms with E-state index in [1.807, 2.05) is 12.1 Å². The zero-order valence-electron chi connectivity index (χ0n) is 14.1. The molecule has 0 amide bonds. The minimum absolute atomic E-state index is 0.0410. The van der Waals surface area contributed by atoms with Crippen LogP contribution >= 0.6 is 0 Å². The van der Waals surface area contributed by atoms with Crippen LogP contribution in [0.4, 0.5) is 4.39 Å². The number of benzene rings is 1. The van der Waals surface area contributed by atoms with Gasteiger partial charge in [0.15, 0.2) is 0 Å². The predicted octanol–water partition coefficient (Wildman–Crippen LogP) is 4.43. The van der Waals surface area contributed by atoms with Crippen LogP contribution in [0.3, 0.4) is 0 Å². The lowest BCUT2D eigenvalue weighted by Gasteiger charge is -2.33. The van der Waals surface area contributed by atoms with Crippen LogP contribution in [-0.2, 0) is 11.2 Å². The van der Waals surface area contributed by atoms with E-state index in [0.29, 0.717) is 0 Å². The van der Waals surface area contributed by atoms with Gasteiger partial charge in [0.05, 0.1) is 5.60 Å². The van der Waals surface area contributed by atoms with Gasteiger partial charge in [-0.3, -0.25) is 0 Å². The summed E-state index contributed by atoms with van der Waals surface area (Å²) in [6, 6.07) is 6.94. The summed E-state index contributed by atoms with van der Waals surface area (Å²) >= 11 is 0. The summed E-state index contributed by atoms with van der Waals surface area (Å²) in [5.41, 5.74) is 1.15. The maximum Gasteiger partial charge on any atom is 0.123 e. The lowest BCUT2D eigenvalue weighted by Crippen LogP contribution is -2.35. The number of ether oxygens (including phenoxy) is 1. The van der Waals surface area contributed by atoms with Crippen molar-refractivity contribution in [3.63, 3.8) is 0 Å². The molecule has 1 aliphatic rings. The Kier molecular flexibility index (Phi) is 6.84. The molecule has 1 fully saturated rings. The Morgan fingerprint density at radius 2 is 1.68 bits per heavy atom. The standard InChI is InChI=1S/C19H30FNO/c1-21(2)14-7-15-22-19(12-5-3-4-6-13-19)16-17-8-10-18(20)11-9-17/h8-11H,3-7,12-16H2,1-2H3. The lowest BCUT2D eigenvalue weighted by molar-refractivity contribution is -0.0580. The molecule has 0 N–H and O–H groups in total. The molecule has 0 saturated heterocycles. The highest BCUT2D eigenvalue weighted by Gasteiger charge is 2.32. The van der Waals surface area contributed by atoms with Crippen molar-refractivity contribution in [1.82, 2.24) is 4.90 Å². The number of hydrogen-bond acceptors (Lipinski definition) is 2. The second-order valence-electron chi connectivity index (χ2n) is 6.91. The highest BCUT2D eigenvalue weighted by molar-refractivity contribution is 5.18. The normalized spacial score (nSPS) is 18.4. The molecule has 1 aromatic carbocycles. The molecule has 2 nitrogen and oxygen atoms in total. The van der Waals surface area contributed by atoms with Crippen LogP contribution in [0, 0.1) is 5.82 Å². The predicted molar refractivity (Wildman–Crippen MR) is 89.7 cm³/mol. The number of halogens is 1. The van der Waals surface area contributed by atoms with Crippen molar-refractivity contribution in [3.05, 3.63) is 35.6 Å². The van der Waals surface area contributed by atoms with Gasteiger partial charge in [-0.2, -0.15) is 0 Å². The summed E-state index contributed by atoms with van der Waals surface area (Å²) in [4.78, 5) is 2.20. The second kappa shape index (κ2) is 8.64. The molecule has 0 bridgehead atoms. The zero-order valence-corrected chi connectivity index (χ0v) is 14.1. The summed E-state index contributed by atoms with van der Waals surface area (Å²) in [6.45, 7) is 1.88. The van der Waals surface area contributed by atoms with Gasteiger partial charge in [-0.1, -0.05) is 37.8 Å². The molecule has 124 valence electrons. The molecule has 1 aliphatic carbocycles. The van der Waals surface area contributed by atoms with Crippen LogP contribution in [0.15, 0.2) is 24.3 Å². The summed E-state index contributed by atoms with van der Waals surface area (Å²) in [5, 5.41) is 0. The maximum absolute atomic E-state index is 13.1. The lowest BCUT2D eigenvalue weighted by atomic mass is 9.87. The first-order valence-corrected chi connectivity index (χ1v) is 8.63. The topological polar surface area (TPSA) is 12.5 Å². The fourth-order valence-corrected chi connectivity index (χ4v) is 3.39. The van der Waals surface area contributed by atoms with Gasteiger partial charge in [0.1, 0.15) is 5.82 Å². The molecule has 0 aliphatic heterocycles. The molecular formula is C19H30FNO.